The normalized spacial score (nSPS) is 38.0. The van der Waals surface area contributed by atoms with Crippen molar-refractivity contribution in [2.75, 3.05) is 39.8 Å². The number of nitrogens with zero attached hydrogens (tertiary/aromatic N) is 2. The first kappa shape index (κ1) is 14.8. The van der Waals surface area contributed by atoms with Crippen LogP contribution >= 0.6 is 0 Å². The van der Waals surface area contributed by atoms with Crippen molar-refractivity contribution in [3.8, 4) is 0 Å². The fourth-order valence-electron chi connectivity index (χ4n) is 4.22. The van der Waals surface area contributed by atoms with E-state index in [9.17, 15) is 0 Å². The van der Waals surface area contributed by atoms with Crippen molar-refractivity contribution < 1.29 is 0 Å². The molecule has 4 nitrogen and oxygen atoms in total. The lowest BCUT2D eigenvalue weighted by Crippen LogP contribution is -2.58. The molecule has 2 saturated heterocycles. The average molecular weight is 280 g/mol. The summed E-state index contributed by atoms with van der Waals surface area (Å²) in [5.74, 6) is 0.851. The van der Waals surface area contributed by atoms with Crippen LogP contribution in [-0.4, -0.2) is 61.8 Å². The highest BCUT2D eigenvalue weighted by Crippen LogP contribution is 2.30. The first-order valence-electron chi connectivity index (χ1n) is 8.76. The minimum atomic E-state index is 0.711. The predicted molar refractivity (Wildman–Crippen MR) is 83.6 cm³/mol. The van der Waals surface area contributed by atoms with E-state index in [-0.39, 0.29) is 0 Å². The van der Waals surface area contributed by atoms with E-state index in [4.69, 9.17) is 0 Å². The maximum absolute atomic E-state index is 3.89. The molecule has 3 rings (SSSR count). The van der Waals surface area contributed by atoms with Gasteiger partial charge in [0.1, 0.15) is 0 Å². The summed E-state index contributed by atoms with van der Waals surface area (Å²) in [7, 11) is 2.23. The van der Waals surface area contributed by atoms with Gasteiger partial charge in [0.15, 0.2) is 0 Å². The lowest BCUT2D eigenvalue weighted by Gasteiger charge is -2.43. The van der Waals surface area contributed by atoms with E-state index < -0.39 is 0 Å². The monoisotopic (exact) mass is 280 g/mol. The Morgan fingerprint density at radius 1 is 0.900 bits per heavy atom. The molecule has 0 spiro atoms. The summed E-state index contributed by atoms with van der Waals surface area (Å²) in [6.45, 7) is 6.00. The van der Waals surface area contributed by atoms with E-state index in [2.05, 4.69) is 27.7 Å². The molecule has 3 unspecified atom stereocenters. The molecule has 0 bridgehead atoms. The molecule has 3 aliphatic rings. The molecule has 0 aromatic carbocycles. The van der Waals surface area contributed by atoms with Crippen LogP contribution in [0, 0.1) is 5.92 Å². The van der Waals surface area contributed by atoms with Crippen molar-refractivity contribution >= 4 is 0 Å². The number of rotatable bonds is 3. The third-order valence-electron chi connectivity index (χ3n) is 5.54. The minimum Gasteiger partial charge on any atom is -0.314 e. The third kappa shape index (κ3) is 3.73. The van der Waals surface area contributed by atoms with Crippen molar-refractivity contribution in [3.05, 3.63) is 0 Å². The van der Waals surface area contributed by atoms with Crippen molar-refractivity contribution in [1.82, 2.24) is 20.7 Å². The molecule has 3 fully saturated rings. The van der Waals surface area contributed by atoms with Crippen LogP contribution in [0.2, 0.25) is 0 Å². The molecule has 4 heteroatoms. The largest absolute Gasteiger partial charge is 0.314 e. The summed E-state index contributed by atoms with van der Waals surface area (Å²) in [6.07, 6.45) is 9.83. The molecular formula is C16H32N4. The Morgan fingerprint density at radius 3 is 2.40 bits per heavy atom. The minimum absolute atomic E-state index is 0.711. The highest BCUT2D eigenvalue weighted by molar-refractivity contribution is 4.90. The fraction of sp³-hybridized carbons (Fsp3) is 1.00. The standard InChI is InChI=1S/C16H32N4/c1-19-10-12-20(13-11-19)18-16-8-3-2-6-14(16)15-7-4-5-9-17-15/h14-18H,2-13H2,1H3. The topological polar surface area (TPSA) is 30.5 Å². The second kappa shape index (κ2) is 7.21. The Labute approximate surface area is 124 Å². The SMILES string of the molecule is CN1CCN(NC2CCCCC2C2CCCCN2)CC1. The lowest BCUT2D eigenvalue weighted by molar-refractivity contribution is 0.0504. The van der Waals surface area contributed by atoms with Crippen LogP contribution in [0.5, 0.6) is 0 Å². The van der Waals surface area contributed by atoms with Crippen LogP contribution in [0.3, 0.4) is 0 Å². The van der Waals surface area contributed by atoms with Crippen molar-refractivity contribution in [2.24, 2.45) is 5.92 Å². The van der Waals surface area contributed by atoms with Gasteiger partial charge < -0.3 is 10.2 Å². The summed E-state index contributed by atoms with van der Waals surface area (Å²) in [5, 5.41) is 6.29. The number of hydrogen-bond acceptors (Lipinski definition) is 4. The van der Waals surface area contributed by atoms with E-state index in [0.29, 0.717) is 6.04 Å². The van der Waals surface area contributed by atoms with Gasteiger partial charge in [0.05, 0.1) is 0 Å². The number of likely N-dealkylation sites (N-methyl/N-ethyl adjacent to an activating group) is 1. The van der Waals surface area contributed by atoms with E-state index in [1.807, 2.05) is 0 Å². The zero-order chi connectivity index (χ0) is 13.8. The van der Waals surface area contributed by atoms with Gasteiger partial charge in [-0.1, -0.05) is 19.3 Å². The maximum Gasteiger partial charge on any atom is 0.0259 e. The molecule has 2 heterocycles. The Kier molecular flexibility index (Phi) is 5.32. The van der Waals surface area contributed by atoms with Gasteiger partial charge in [0, 0.05) is 38.3 Å². The maximum atomic E-state index is 3.89. The highest BCUT2D eigenvalue weighted by Gasteiger charge is 2.33. The van der Waals surface area contributed by atoms with E-state index in [1.54, 1.807) is 0 Å². The summed E-state index contributed by atoms with van der Waals surface area (Å²) in [4.78, 5) is 2.43. The molecular weight excluding hydrogens is 248 g/mol. The molecule has 1 aliphatic carbocycles. The van der Waals surface area contributed by atoms with E-state index >= 15 is 0 Å². The molecule has 2 N–H and O–H groups in total. The number of piperidine rings is 1. The Bertz CT molecular complexity index is 282. The van der Waals surface area contributed by atoms with E-state index in [1.165, 1.54) is 77.7 Å². The predicted octanol–water partition coefficient (Wildman–Crippen LogP) is 1.44. The molecule has 3 atom stereocenters. The number of piperazine rings is 1. The molecule has 2 aliphatic heterocycles. The molecule has 0 aromatic heterocycles. The number of hydrazine groups is 1. The van der Waals surface area contributed by atoms with Crippen LogP contribution in [0.4, 0.5) is 0 Å². The van der Waals surface area contributed by atoms with Gasteiger partial charge in [-0.15, -0.1) is 0 Å². The molecule has 116 valence electrons. The molecule has 1 saturated carbocycles. The summed E-state index contributed by atoms with van der Waals surface area (Å²) >= 11 is 0. The zero-order valence-corrected chi connectivity index (χ0v) is 13.1. The number of hydrogen-bond donors (Lipinski definition) is 2. The van der Waals surface area contributed by atoms with Gasteiger partial charge in [0.25, 0.3) is 0 Å². The second-order valence-electron chi connectivity index (χ2n) is 7.03. The summed E-state index contributed by atoms with van der Waals surface area (Å²) in [6, 6.07) is 1.48. The van der Waals surface area contributed by atoms with Crippen molar-refractivity contribution in [1.29, 1.82) is 0 Å². The van der Waals surface area contributed by atoms with Crippen LogP contribution in [0.1, 0.15) is 44.9 Å². The molecule has 0 amide bonds. The smallest absolute Gasteiger partial charge is 0.0259 e. The van der Waals surface area contributed by atoms with Crippen LogP contribution in [0.15, 0.2) is 0 Å². The Balaban J connectivity index is 1.54. The first-order valence-corrected chi connectivity index (χ1v) is 8.76. The summed E-state index contributed by atoms with van der Waals surface area (Å²) in [5.41, 5.74) is 3.89. The van der Waals surface area contributed by atoms with Gasteiger partial charge in [-0.25, -0.2) is 5.01 Å². The quantitative estimate of drug-likeness (QED) is 0.819. The Hall–Kier alpha value is -0.160. The van der Waals surface area contributed by atoms with Crippen LogP contribution in [-0.2, 0) is 0 Å². The highest BCUT2D eigenvalue weighted by atomic mass is 15.5. The summed E-state index contributed by atoms with van der Waals surface area (Å²) < 4.78 is 0. The van der Waals surface area contributed by atoms with Gasteiger partial charge in [0.2, 0.25) is 0 Å². The fourth-order valence-corrected chi connectivity index (χ4v) is 4.22. The molecule has 20 heavy (non-hydrogen) atoms. The Morgan fingerprint density at radius 2 is 1.65 bits per heavy atom. The van der Waals surface area contributed by atoms with Crippen molar-refractivity contribution in [2.45, 2.75) is 57.0 Å². The third-order valence-corrected chi connectivity index (χ3v) is 5.54. The van der Waals surface area contributed by atoms with Gasteiger partial charge in [-0.2, -0.15) is 0 Å². The first-order chi connectivity index (χ1) is 9.83. The molecule has 0 aromatic rings. The molecule has 0 radical (unpaired) electrons. The van der Waals surface area contributed by atoms with Gasteiger partial charge >= 0.3 is 0 Å². The van der Waals surface area contributed by atoms with Crippen molar-refractivity contribution in [3.63, 3.8) is 0 Å². The number of nitrogens with one attached hydrogen (secondary N) is 2. The van der Waals surface area contributed by atoms with E-state index in [0.717, 1.165) is 12.0 Å². The lowest BCUT2D eigenvalue weighted by atomic mass is 9.77. The average Bonchev–Trinajstić information content (AvgIpc) is 2.51. The zero-order valence-electron chi connectivity index (χ0n) is 13.1. The van der Waals surface area contributed by atoms with Crippen LogP contribution in [0.25, 0.3) is 0 Å². The van der Waals surface area contributed by atoms with Gasteiger partial charge in [-0.3, -0.25) is 5.43 Å². The second-order valence-corrected chi connectivity index (χ2v) is 7.03. The van der Waals surface area contributed by atoms with Crippen LogP contribution < -0.4 is 10.7 Å². The van der Waals surface area contributed by atoms with Gasteiger partial charge in [-0.05, 0) is 45.2 Å².